The Kier molecular flexibility index (Phi) is 9.51. The summed E-state index contributed by atoms with van der Waals surface area (Å²) in [6.45, 7) is 2.78. The molecule has 4 aromatic rings. The molecular formula is C28H28F9N7O. The summed E-state index contributed by atoms with van der Waals surface area (Å²) in [6, 6.07) is 5.46. The average molecular weight is 650 g/mol. The van der Waals surface area contributed by atoms with Crippen LogP contribution >= 0.6 is 0 Å². The number of nitrogens with zero attached hydrogens (tertiary/aromatic N) is 7. The van der Waals surface area contributed by atoms with Crippen molar-refractivity contribution in [2.24, 2.45) is 7.05 Å². The maximum atomic E-state index is 13.9. The number of tetrazole rings is 1. The van der Waals surface area contributed by atoms with Crippen molar-refractivity contribution in [3.05, 3.63) is 87.3 Å². The molecule has 0 saturated carbocycles. The van der Waals surface area contributed by atoms with E-state index in [4.69, 9.17) is 4.52 Å². The van der Waals surface area contributed by atoms with Crippen LogP contribution in [-0.4, -0.2) is 37.3 Å². The molecule has 2 aromatic carbocycles. The molecule has 8 nitrogen and oxygen atoms in total. The summed E-state index contributed by atoms with van der Waals surface area (Å²) in [6.07, 6.45) is -14.5. The molecule has 0 bridgehead atoms. The smallest absolute Gasteiger partial charge is 0.360 e. The summed E-state index contributed by atoms with van der Waals surface area (Å²) < 4.78 is 128. The normalized spacial score (nSPS) is 13.5. The Labute approximate surface area is 251 Å². The molecule has 2 aromatic heterocycles. The molecule has 0 saturated heterocycles. The lowest BCUT2D eigenvalue weighted by Gasteiger charge is -2.31. The first-order valence-corrected chi connectivity index (χ1v) is 13.4. The molecule has 45 heavy (non-hydrogen) atoms. The largest absolute Gasteiger partial charge is 0.416 e. The minimum Gasteiger partial charge on any atom is -0.360 e. The third-order valence-electron chi connectivity index (χ3n) is 6.99. The molecule has 1 atom stereocenters. The van der Waals surface area contributed by atoms with Gasteiger partial charge in [0, 0.05) is 25.2 Å². The van der Waals surface area contributed by atoms with Gasteiger partial charge in [-0.2, -0.15) is 44.3 Å². The van der Waals surface area contributed by atoms with Gasteiger partial charge in [0.1, 0.15) is 0 Å². The van der Waals surface area contributed by atoms with Crippen molar-refractivity contribution in [1.29, 1.82) is 0 Å². The van der Waals surface area contributed by atoms with Crippen LogP contribution in [0.25, 0.3) is 0 Å². The molecule has 0 aliphatic rings. The lowest BCUT2D eigenvalue weighted by Crippen LogP contribution is -2.28. The van der Waals surface area contributed by atoms with Crippen molar-refractivity contribution >= 4 is 5.95 Å². The number of anilines is 1. The summed E-state index contributed by atoms with van der Waals surface area (Å²) >= 11 is 0. The third-order valence-corrected chi connectivity index (χ3v) is 6.99. The molecule has 0 fully saturated rings. The predicted octanol–water partition coefficient (Wildman–Crippen LogP) is 7.35. The van der Waals surface area contributed by atoms with E-state index in [0.29, 0.717) is 35.6 Å². The van der Waals surface area contributed by atoms with Crippen molar-refractivity contribution in [3.8, 4) is 0 Å². The second-order valence-electron chi connectivity index (χ2n) is 10.5. The fourth-order valence-corrected chi connectivity index (χ4v) is 4.99. The highest BCUT2D eigenvalue weighted by molar-refractivity contribution is 5.42. The first-order chi connectivity index (χ1) is 20.8. The number of benzene rings is 2. The zero-order valence-corrected chi connectivity index (χ0v) is 24.4. The summed E-state index contributed by atoms with van der Waals surface area (Å²) in [4.78, 5) is 4.01. The van der Waals surface area contributed by atoms with Crippen LogP contribution in [0.2, 0.25) is 0 Å². The maximum absolute atomic E-state index is 13.9. The van der Waals surface area contributed by atoms with Crippen LogP contribution in [0.1, 0.15) is 64.2 Å². The van der Waals surface area contributed by atoms with Gasteiger partial charge in [0.25, 0.3) is 5.95 Å². The van der Waals surface area contributed by atoms with Gasteiger partial charge in [-0.05, 0) is 72.6 Å². The van der Waals surface area contributed by atoms with E-state index in [-0.39, 0.29) is 24.1 Å². The predicted molar refractivity (Wildman–Crippen MR) is 142 cm³/mol. The van der Waals surface area contributed by atoms with Gasteiger partial charge in [-0.1, -0.05) is 23.2 Å². The van der Waals surface area contributed by atoms with Gasteiger partial charge in [0.2, 0.25) is 0 Å². The standard InChI is InChI=1S/C28H28F9N7O/c1-5-24(42(3)15-22-8-16(2)40-45-22)23-7-6-19(26(29,30)31)11-18(23)14-44(25-38-41-43(4)39-25)13-17-9-20(27(32,33)34)12-21(10-17)28(35,36)37/h6-12,24H,5,13-15H2,1-4H3. The highest BCUT2D eigenvalue weighted by Gasteiger charge is 2.37. The Balaban J connectivity index is 1.80. The number of rotatable bonds is 10. The monoisotopic (exact) mass is 649 g/mol. The lowest BCUT2D eigenvalue weighted by molar-refractivity contribution is -0.143. The van der Waals surface area contributed by atoms with Crippen molar-refractivity contribution in [2.75, 3.05) is 11.9 Å². The third kappa shape index (κ3) is 8.32. The van der Waals surface area contributed by atoms with E-state index in [9.17, 15) is 39.5 Å². The number of halogens is 9. The minimum absolute atomic E-state index is 0.00294. The quantitative estimate of drug-likeness (QED) is 0.166. The Morgan fingerprint density at radius 2 is 1.44 bits per heavy atom. The number of aromatic nitrogens is 5. The molecule has 0 aliphatic carbocycles. The number of alkyl halides is 9. The minimum atomic E-state index is -5.10. The van der Waals surface area contributed by atoms with Gasteiger partial charge in [0.05, 0.1) is 36.0 Å². The number of hydrogen-bond donors (Lipinski definition) is 0. The molecule has 0 N–H and O–H groups in total. The van der Waals surface area contributed by atoms with E-state index < -0.39 is 59.9 Å². The SMILES string of the molecule is CCC(c1ccc(C(F)(F)F)cc1CN(Cc1cc(C(F)(F)F)cc(C(F)(F)F)c1)c1nnn(C)n1)N(C)Cc1cc(C)no1. The van der Waals surface area contributed by atoms with E-state index in [0.717, 1.165) is 16.9 Å². The van der Waals surface area contributed by atoms with E-state index in [1.807, 2.05) is 11.8 Å². The van der Waals surface area contributed by atoms with E-state index in [1.54, 1.807) is 20.0 Å². The summed E-state index contributed by atoms with van der Waals surface area (Å²) in [7, 11) is 3.11. The molecule has 0 spiro atoms. The number of hydrogen-bond acceptors (Lipinski definition) is 7. The van der Waals surface area contributed by atoms with E-state index in [2.05, 4.69) is 20.6 Å². The van der Waals surface area contributed by atoms with Crippen molar-refractivity contribution in [3.63, 3.8) is 0 Å². The van der Waals surface area contributed by atoms with E-state index >= 15 is 0 Å². The highest BCUT2D eigenvalue weighted by atomic mass is 19.4. The molecule has 4 rings (SSSR count). The molecule has 2 heterocycles. The summed E-state index contributed by atoms with van der Waals surface area (Å²) in [5.74, 6) is 0.294. The molecule has 17 heteroatoms. The highest BCUT2D eigenvalue weighted by Crippen LogP contribution is 2.38. The van der Waals surface area contributed by atoms with Crippen molar-refractivity contribution in [1.82, 2.24) is 30.3 Å². The first-order valence-electron chi connectivity index (χ1n) is 13.4. The maximum Gasteiger partial charge on any atom is 0.416 e. The number of aryl methyl sites for hydroxylation is 2. The molecule has 0 radical (unpaired) electrons. The fraction of sp³-hybridized carbons (Fsp3) is 0.429. The van der Waals surface area contributed by atoms with Gasteiger partial charge < -0.3 is 9.42 Å². The van der Waals surface area contributed by atoms with Crippen LogP contribution in [0.4, 0.5) is 45.5 Å². The van der Waals surface area contributed by atoms with E-state index in [1.165, 1.54) is 18.0 Å². The summed E-state index contributed by atoms with van der Waals surface area (Å²) in [5.41, 5.74) is -3.29. The van der Waals surface area contributed by atoms with Crippen molar-refractivity contribution < 1.29 is 44.0 Å². The van der Waals surface area contributed by atoms with Crippen LogP contribution in [-0.2, 0) is 45.2 Å². The van der Waals surface area contributed by atoms with Crippen molar-refractivity contribution in [2.45, 2.75) is 64.5 Å². The molecular weight excluding hydrogens is 621 g/mol. The Bertz CT molecular complexity index is 1580. The topological polar surface area (TPSA) is 76.1 Å². The van der Waals surface area contributed by atoms with Gasteiger partial charge in [-0.25, -0.2) is 0 Å². The molecule has 0 aliphatic heterocycles. The van der Waals surface area contributed by atoms with Crippen LogP contribution in [0, 0.1) is 6.92 Å². The summed E-state index contributed by atoms with van der Waals surface area (Å²) in [5, 5.41) is 15.4. The van der Waals surface area contributed by atoms with Crippen LogP contribution in [0.15, 0.2) is 47.0 Å². The van der Waals surface area contributed by atoms with Crippen LogP contribution in [0.5, 0.6) is 0 Å². The van der Waals surface area contributed by atoms with Gasteiger partial charge in [0.15, 0.2) is 5.76 Å². The van der Waals surface area contributed by atoms with Gasteiger partial charge >= 0.3 is 18.5 Å². The van der Waals surface area contributed by atoms with Crippen LogP contribution in [0.3, 0.4) is 0 Å². The Morgan fingerprint density at radius 3 is 1.93 bits per heavy atom. The fourth-order valence-electron chi connectivity index (χ4n) is 4.99. The lowest BCUT2D eigenvalue weighted by atomic mass is 9.94. The van der Waals surface area contributed by atoms with Gasteiger partial charge in [-0.3, -0.25) is 4.90 Å². The molecule has 1 unspecified atom stereocenters. The van der Waals surface area contributed by atoms with Crippen LogP contribution < -0.4 is 4.90 Å². The zero-order chi connectivity index (χ0) is 33.3. The second kappa shape index (κ2) is 12.7. The molecule has 0 amide bonds. The Hall–Kier alpha value is -4.15. The Morgan fingerprint density at radius 1 is 0.822 bits per heavy atom. The second-order valence-corrected chi connectivity index (χ2v) is 10.5. The zero-order valence-electron chi connectivity index (χ0n) is 24.4. The van der Waals surface area contributed by atoms with Gasteiger partial charge in [-0.15, -0.1) is 5.10 Å². The average Bonchev–Trinajstić information content (AvgIpc) is 3.55. The first kappa shape index (κ1) is 33.7. The molecule has 244 valence electrons.